The van der Waals surface area contributed by atoms with Gasteiger partial charge in [-0.15, -0.1) is 11.6 Å². The minimum Gasteiger partial charge on any atom is -0.354 e. The largest absolute Gasteiger partial charge is 0.354 e. The maximum Gasteiger partial charge on any atom is 0.242 e. The molecule has 0 aliphatic heterocycles. The van der Waals surface area contributed by atoms with Crippen LogP contribution in [-0.2, 0) is 10.7 Å². The molecule has 0 saturated carbocycles. The predicted octanol–water partition coefficient (Wildman–Crippen LogP) is 2.50. The number of nitrogens with zero attached hydrogens (tertiary/aromatic N) is 3. The molecule has 0 aliphatic carbocycles. The lowest BCUT2D eigenvalue weighted by Gasteiger charge is -2.17. The van der Waals surface area contributed by atoms with Gasteiger partial charge in [0.1, 0.15) is 17.4 Å². The van der Waals surface area contributed by atoms with Gasteiger partial charge in [0, 0.05) is 12.7 Å². The van der Waals surface area contributed by atoms with Crippen LogP contribution in [0.5, 0.6) is 0 Å². The molecule has 2 aromatic heterocycles. The zero-order chi connectivity index (χ0) is 14.7. The first-order chi connectivity index (χ1) is 9.54. The van der Waals surface area contributed by atoms with E-state index < -0.39 is 0 Å². The second-order valence-corrected chi connectivity index (χ2v) is 5.48. The van der Waals surface area contributed by atoms with Crippen molar-refractivity contribution in [1.29, 1.82) is 0 Å². The van der Waals surface area contributed by atoms with Crippen LogP contribution in [0.15, 0.2) is 18.5 Å². The predicted molar refractivity (Wildman–Crippen MR) is 79.6 cm³/mol. The Morgan fingerprint density at radius 2 is 2.20 bits per heavy atom. The van der Waals surface area contributed by atoms with Crippen LogP contribution in [-0.4, -0.2) is 27.0 Å². The molecule has 5 nitrogen and oxygen atoms in total. The van der Waals surface area contributed by atoms with Gasteiger partial charge in [0.2, 0.25) is 5.91 Å². The van der Waals surface area contributed by atoms with Crippen molar-refractivity contribution in [3.05, 3.63) is 24.3 Å². The van der Waals surface area contributed by atoms with Crippen LogP contribution in [0, 0.1) is 5.92 Å². The van der Waals surface area contributed by atoms with Gasteiger partial charge < -0.3 is 9.88 Å². The number of halogens is 1. The van der Waals surface area contributed by atoms with E-state index in [2.05, 4.69) is 29.1 Å². The molecule has 0 aliphatic rings. The van der Waals surface area contributed by atoms with Gasteiger partial charge >= 0.3 is 0 Å². The van der Waals surface area contributed by atoms with E-state index >= 15 is 0 Å². The maximum absolute atomic E-state index is 12.2. The quantitative estimate of drug-likeness (QED) is 0.862. The molecular formula is C14H19ClN4O. The highest BCUT2D eigenvalue weighted by atomic mass is 35.5. The first-order valence-corrected chi connectivity index (χ1v) is 7.22. The molecule has 0 aromatic carbocycles. The van der Waals surface area contributed by atoms with Gasteiger partial charge in [-0.2, -0.15) is 0 Å². The summed E-state index contributed by atoms with van der Waals surface area (Å²) in [5, 5.41) is 2.94. The van der Waals surface area contributed by atoms with E-state index in [4.69, 9.17) is 11.6 Å². The number of hydrogen-bond donors (Lipinski definition) is 1. The number of fused-ring (bicyclic) bond motifs is 1. The van der Waals surface area contributed by atoms with Gasteiger partial charge in [0.25, 0.3) is 0 Å². The smallest absolute Gasteiger partial charge is 0.242 e. The summed E-state index contributed by atoms with van der Waals surface area (Å²) in [6, 6.07) is 1.50. The zero-order valence-electron chi connectivity index (χ0n) is 11.9. The summed E-state index contributed by atoms with van der Waals surface area (Å²) < 4.78 is 1.87. The van der Waals surface area contributed by atoms with Crippen LogP contribution in [0.4, 0.5) is 0 Å². The number of pyridine rings is 1. The molecular weight excluding hydrogens is 276 g/mol. The second-order valence-electron chi connectivity index (χ2n) is 5.21. The number of rotatable bonds is 5. The fourth-order valence-corrected chi connectivity index (χ4v) is 2.29. The van der Waals surface area contributed by atoms with Crippen LogP contribution in [0.1, 0.15) is 32.6 Å². The van der Waals surface area contributed by atoms with Crippen LogP contribution >= 0.6 is 11.6 Å². The van der Waals surface area contributed by atoms with E-state index in [0.29, 0.717) is 18.3 Å². The van der Waals surface area contributed by atoms with Crippen molar-refractivity contribution in [2.45, 2.75) is 32.7 Å². The summed E-state index contributed by atoms with van der Waals surface area (Å²) in [4.78, 5) is 20.7. The fraction of sp³-hybridized carbons (Fsp3) is 0.500. The first-order valence-electron chi connectivity index (χ1n) is 6.69. The van der Waals surface area contributed by atoms with Crippen molar-refractivity contribution in [3.63, 3.8) is 0 Å². The van der Waals surface area contributed by atoms with E-state index in [-0.39, 0.29) is 17.8 Å². The number of amides is 1. The number of aromatic nitrogens is 3. The molecule has 20 heavy (non-hydrogen) atoms. The summed E-state index contributed by atoms with van der Waals surface area (Å²) in [7, 11) is 0. The molecule has 0 spiro atoms. The number of carbonyl (C=O) groups excluding carboxylic acids is 1. The van der Waals surface area contributed by atoms with Crippen LogP contribution < -0.4 is 5.32 Å². The summed E-state index contributed by atoms with van der Waals surface area (Å²) in [6.45, 7) is 6.64. The Balaban J connectivity index is 2.33. The number of hydrogen-bond acceptors (Lipinski definition) is 3. The molecule has 2 heterocycles. The van der Waals surface area contributed by atoms with Crippen molar-refractivity contribution in [2.75, 3.05) is 6.54 Å². The van der Waals surface area contributed by atoms with Crippen LogP contribution in [0.3, 0.4) is 0 Å². The van der Waals surface area contributed by atoms with Gasteiger partial charge in [-0.05, 0) is 18.9 Å². The minimum absolute atomic E-state index is 0.0267. The van der Waals surface area contributed by atoms with Crippen molar-refractivity contribution < 1.29 is 4.79 Å². The van der Waals surface area contributed by atoms with Gasteiger partial charge in [-0.3, -0.25) is 9.78 Å². The van der Waals surface area contributed by atoms with Gasteiger partial charge in [0.15, 0.2) is 0 Å². The van der Waals surface area contributed by atoms with Gasteiger partial charge in [0.05, 0.1) is 17.6 Å². The Hall–Kier alpha value is -1.62. The van der Waals surface area contributed by atoms with E-state index in [1.807, 2.05) is 17.6 Å². The van der Waals surface area contributed by atoms with E-state index in [1.165, 1.54) is 0 Å². The Labute approximate surface area is 123 Å². The molecule has 0 fully saturated rings. The second kappa shape index (κ2) is 6.22. The lowest BCUT2D eigenvalue weighted by atomic mass is 10.2. The van der Waals surface area contributed by atoms with Crippen molar-refractivity contribution in [2.24, 2.45) is 5.92 Å². The highest BCUT2D eigenvalue weighted by Gasteiger charge is 2.21. The highest BCUT2D eigenvalue weighted by Crippen LogP contribution is 2.21. The Bertz CT molecular complexity index is 608. The monoisotopic (exact) mass is 294 g/mol. The third-order valence-electron chi connectivity index (χ3n) is 3.14. The van der Waals surface area contributed by atoms with Gasteiger partial charge in [-0.1, -0.05) is 13.8 Å². The third kappa shape index (κ3) is 2.93. The normalized spacial score (nSPS) is 12.8. The maximum atomic E-state index is 12.2. The Morgan fingerprint density at radius 1 is 1.45 bits per heavy atom. The molecule has 1 amide bonds. The SMILES string of the molecule is CC(C)CNC(=O)C(C)n1c(CCl)nc2cnccc21. The fourth-order valence-electron chi connectivity index (χ4n) is 2.10. The lowest BCUT2D eigenvalue weighted by Crippen LogP contribution is -2.34. The molecule has 1 unspecified atom stereocenters. The number of carbonyl (C=O) groups is 1. The summed E-state index contributed by atoms with van der Waals surface area (Å²) in [5.41, 5.74) is 1.63. The number of nitrogens with one attached hydrogen (secondary N) is 1. The lowest BCUT2D eigenvalue weighted by molar-refractivity contribution is -0.124. The summed E-state index contributed by atoms with van der Waals surface area (Å²) in [6.07, 6.45) is 3.37. The van der Waals surface area contributed by atoms with Gasteiger partial charge in [-0.25, -0.2) is 4.98 Å². The van der Waals surface area contributed by atoms with Crippen molar-refractivity contribution >= 4 is 28.5 Å². The Kier molecular flexibility index (Phi) is 4.60. The third-order valence-corrected chi connectivity index (χ3v) is 3.37. The molecule has 6 heteroatoms. The standard InChI is InChI=1S/C14H19ClN4O/c1-9(2)7-17-14(20)10(3)19-12-4-5-16-8-11(12)18-13(19)6-15/h4-5,8-10H,6-7H2,1-3H3,(H,17,20). The van der Waals surface area contributed by atoms with Crippen molar-refractivity contribution in [1.82, 2.24) is 19.9 Å². The average molecular weight is 295 g/mol. The summed E-state index contributed by atoms with van der Waals surface area (Å²) in [5.74, 6) is 1.33. The molecule has 2 aromatic rings. The molecule has 1 N–H and O–H groups in total. The molecule has 0 bridgehead atoms. The summed E-state index contributed by atoms with van der Waals surface area (Å²) >= 11 is 5.94. The van der Waals surface area contributed by atoms with E-state index in [0.717, 1.165) is 11.0 Å². The topological polar surface area (TPSA) is 59.8 Å². The van der Waals surface area contributed by atoms with E-state index in [9.17, 15) is 4.79 Å². The minimum atomic E-state index is -0.352. The van der Waals surface area contributed by atoms with Crippen LogP contribution in [0.2, 0.25) is 0 Å². The first kappa shape index (κ1) is 14.8. The van der Waals surface area contributed by atoms with E-state index in [1.54, 1.807) is 12.4 Å². The molecule has 108 valence electrons. The number of alkyl halides is 1. The molecule has 0 radical (unpaired) electrons. The van der Waals surface area contributed by atoms with Crippen LogP contribution in [0.25, 0.3) is 11.0 Å². The highest BCUT2D eigenvalue weighted by molar-refractivity contribution is 6.16. The average Bonchev–Trinajstić information content (AvgIpc) is 2.82. The molecule has 1 atom stereocenters. The molecule has 2 rings (SSSR count). The molecule has 0 saturated heterocycles. The number of imidazole rings is 1. The van der Waals surface area contributed by atoms with Crippen molar-refractivity contribution in [3.8, 4) is 0 Å². The Morgan fingerprint density at radius 3 is 2.85 bits per heavy atom. The zero-order valence-corrected chi connectivity index (χ0v) is 12.7.